The molecule has 0 aliphatic heterocycles. The fraction of sp³-hybridized carbons (Fsp3) is 0.381. The van der Waals surface area contributed by atoms with Gasteiger partial charge in [-0.05, 0) is 54.9 Å². The summed E-state index contributed by atoms with van der Waals surface area (Å²) in [6.07, 6.45) is 4.80. The molecular formula is C21H25NO2. The van der Waals surface area contributed by atoms with Crippen molar-refractivity contribution in [3.05, 3.63) is 65.7 Å². The van der Waals surface area contributed by atoms with Crippen molar-refractivity contribution in [2.45, 2.75) is 38.1 Å². The number of nitrogens with one attached hydrogen (secondary N) is 1. The normalized spacial score (nSPS) is 14.9. The summed E-state index contributed by atoms with van der Waals surface area (Å²) in [7, 11) is 1.67. The molecule has 0 radical (unpaired) electrons. The Hall–Kier alpha value is -2.29. The number of carbonyl (C=O) groups excluding carboxylic acids is 1. The predicted octanol–water partition coefficient (Wildman–Crippen LogP) is 4.29. The van der Waals surface area contributed by atoms with Crippen LogP contribution >= 0.6 is 0 Å². The summed E-state index contributed by atoms with van der Waals surface area (Å²) in [6.45, 7) is 0. The van der Waals surface area contributed by atoms with Crippen LogP contribution in [0.25, 0.3) is 0 Å². The molecular weight excluding hydrogens is 298 g/mol. The van der Waals surface area contributed by atoms with E-state index in [0.717, 1.165) is 18.6 Å². The second-order valence-electron chi connectivity index (χ2n) is 6.49. The number of benzene rings is 2. The summed E-state index contributed by atoms with van der Waals surface area (Å²) in [5, 5.41) is 3.24. The first kappa shape index (κ1) is 16.6. The van der Waals surface area contributed by atoms with Gasteiger partial charge in [0, 0.05) is 6.42 Å². The lowest BCUT2D eigenvalue weighted by Crippen LogP contribution is -2.29. The Labute approximate surface area is 144 Å². The van der Waals surface area contributed by atoms with Crippen LogP contribution in [0.15, 0.2) is 54.6 Å². The van der Waals surface area contributed by atoms with Crippen LogP contribution in [0.3, 0.4) is 0 Å². The summed E-state index contributed by atoms with van der Waals surface area (Å²) in [4.78, 5) is 12.3. The molecule has 3 rings (SSSR count). The van der Waals surface area contributed by atoms with Crippen LogP contribution in [0.4, 0.5) is 0 Å². The summed E-state index contributed by atoms with van der Waals surface area (Å²) >= 11 is 0. The number of carbonyl (C=O) groups is 1. The van der Waals surface area contributed by atoms with E-state index >= 15 is 0 Å². The van der Waals surface area contributed by atoms with E-state index < -0.39 is 0 Å². The van der Waals surface area contributed by atoms with Crippen molar-refractivity contribution < 1.29 is 9.53 Å². The molecule has 0 heterocycles. The maximum atomic E-state index is 12.3. The Kier molecular flexibility index (Phi) is 5.52. The molecule has 3 nitrogen and oxygen atoms in total. The van der Waals surface area contributed by atoms with Crippen molar-refractivity contribution in [3.8, 4) is 5.75 Å². The number of hydrogen-bond acceptors (Lipinski definition) is 2. The molecule has 1 N–H and O–H groups in total. The number of amides is 1. The Bertz CT molecular complexity index is 647. The maximum Gasteiger partial charge on any atom is 0.220 e. The van der Waals surface area contributed by atoms with Crippen molar-refractivity contribution in [2.75, 3.05) is 7.11 Å². The highest BCUT2D eigenvalue weighted by atomic mass is 16.5. The fourth-order valence-corrected chi connectivity index (χ4v) is 3.06. The van der Waals surface area contributed by atoms with E-state index in [1.165, 1.54) is 24.0 Å². The molecule has 1 saturated carbocycles. The zero-order valence-electron chi connectivity index (χ0n) is 14.2. The van der Waals surface area contributed by atoms with Crippen molar-refractivity contribution in [1.82, 2.24) is 5.32 Å². The SMILES string of the molecule is COc1ccc(C(NC(=O)CCCc2ccccc2)C2CC2)cc1. The summed E-state index contributed by atoms with van der Waals surface area (Å²) in [5.74, 6) is 1.58. The van der Waals surface area contributed by atoms with Gasteiger partial charge in [-0.15, -0.1) is 0 Å². The lowest BCUT2D eigenvalue weighted by atomic mass is 10.0. The van der Waals surface area contributed by atoms with Gasteiger partial charge in [0.1, 0.15) is 5.75 Å². The van der Waals surface area contributed by atoms with E-state index in [1.807, 2.05) is 30.3 Å². The molecule has 1 aliphatic rings. The molecule has 1 unspecified atom stereocenters. The fourth-order valence-electron chi connectivity index (χ4n) is 3.06. The first-order valence-corrected chi connectivity index (χ1v) is 8.73. The van der Waals surface area contributed by atoms with Crippen molar-refractivity contribution >= 4 is 5.91 Å². The molecule has 24 heavy (non-hydrogen) atoms. The second-order valence-corrected chi connectivity index (χ2v) is 6.49. The Morgan fingerprint density at radius 3 is 2.46 bits per heavy atom. The predicted molar refractivity (Wildman–Crippen MR) is 96.0 cm³/mol. The monoisotopic (exact) mass is 323 g/mol. The lowest BCUT2D eigenvalue weighted by Gasteiger charge is -2.19. The molecule has 3 heteroatoms. The van der Waals surface area contributed by atoms with Crippen LogP contribution in [-0.2, 0) is 11.2 Å². The van der Waals surface area contributed by atoms with Crippen molar-refractivity contribution in [2.24, 2.45) is 5.92 Å². The number of hydrogen-bond donors (Lipinski definition) is 1. The minimum absolute atomic E-state index is 0.139. The van der Waals surface area contributed by atoms with E-state index in [2.05, 4.69) is 29.6 Å². The average Bonchev–Trinajstić information content (AvgIpc) is 3.46. The summed E-state index contributed by atoms with van der Waals surface area (Å²) in [6, 6.07) is 18.5. The van der Waals surface area contributed by atoms with Gasteiger partial charge in [0.05, 0.1) is 13.2 Å². The third kappa shape index (κ3) is 4.60. The molecule has 1 atom stereocenters. The van der Waals surface area contributed by atoms with Crippen LogP contribution < -0.4 is 10.1 Å². The Morgan fingerprint density at radius 1 is 1.12 bits per heavy atom. The lowest BCUT2D eigenvalue weighted by molar-refractivity contribution is -0.122. The molecule has 1 aliphatic carbocycles. The van der Waals surface area contributed by atoms with E-state index in [-0.39, 0.29) is 11.9 Å². The van der Waals surface area contributed by atoms with E-state index in [1.54, 1.807) is 7.11 Å². The smallest absolute Gasteiger partial charge is 0.220 e. The van der Waals surface area contributed by atoms with Crippen molar-refractivity contribution in [1.29, 1.82) is 0 Å². The zero-order valence-corrected chi connectivity index (χ0v) is 14.2. The van der Waals surface area contributed by atoms with Gasteiger partial charge in [0.25, 0.3) is 0 Å². The standard InChI is InChI=1S/C21H25NO2/c1-24-19-14-12-18(13-15-19)21(17-10-11-17)22-20(23)9-5-8-16-6-3-2-4-7-16/h2-4,6-7,12-15,17,21H,5,8-11H2,1H3,(H,22,23). The van der Waals surface area contributed by atoms with E-state index in [0.29, 0.717) is 12.3 Å². The number of aryl methyl sites for hydroxylation is 1. The molecule has 2 aromatic carbocycles. The maximum absolute atomic E-state index is 12.3. The molecule has 1 amide bonds. The van der Waals surface area contributed by atoms with E-state index in [9.17, 15) is 4.79 Å². The van der Waals surface area contributed by atoms with Crippen LogP contribution in [0.2, 0.25) is 0 Å². The number of rotatable bonds is 8. The van der Waals surface area contributed by atoms with E-state index in [4.69, 9.17) is 4.74 Å². The van der Waals surface area contributed by atoms with Gasteiger partial charge in [-0.3, -0.25) is 4.79 Å². The van der Waals surface area contributed by atoms with Gasteiger partial charge >= 0.3 is 0 Å². The average molecular weight is 323 g/mol. The third-order valence-electron chi connectivity index (χ3n) is 4.60. The van der Waals surface area contributed by atoms with Crippen LogP contribution in [0, 0.1) is 5.92 Å². The molecule has 2 aromatic rings. The second kappa shape index (κ2) is 8.00. The highest BCUT2D eigenvalue weighted by molar-refractivity contribution is 5.76. The molecule has 0 bridgehead atoms. The van der Waals surface area contributed by atoms with Gasteiger partial charge in [0.15, 0.2) is 0 Å². The largest absolute Gasteiger partial charge is 0.497 e. The topological polar surface area (TPSA) is 38.3 Å². The summed E-state index contributed by atoms with van der Waals surface area (Å²) < 4.78 is 5.21. The van der Waals surface area contributed by atoms with Gasteiger partial charge in [-0.2, -0.15) is 0 Å². The zero-order chi connectivity index (χ0) is 16.8. The summed E-state index contributed by atoms with van der Waals surface area (Å²) in [5.41, 5.74) is 2.47. The quantitative estimate of drug-likeness (QED) is 0.787. The van der Waals surface area contributed by atoms with Crippen LogP contribution in [-0.4, -0.2) is 13.0 Å². The Morgan fingerprint density at radius 2 is 1.83 bits per heavy atom. The molecule has 0 aromatic heterocycles. The van der Waals surface area contributed by atoms with Crippen LogP contribution in [0.1, 0.15) is 42.9 Å². The Balaban J connectivity index is 1.52. The molecule has 0 saturated heterocycles. The van der Waals surface area contributed by atoms with Gasteiger partial charge in [-0.1, -0.05) is 42.5 Å². The molecule has 1 fully saturated rings. The minimum Gasteiger partial charge on any atom is -0.497 e. The first-order chi connectivity index (χ1) is 11.8. The first-order valence-electron chi connectivity index (χ1n) is 8.73. The number of ether oxygens (including phenoxy) is 1. The van der Waals surface area contributed by atoms with Gasteiger partial charge in [-0.25, -0.2) is 0 Å². The third-order valence-corrected chi connectivity index (χ3v) is 4.60. The minimum atomic E-state index is 0.139. The number of methoxy groups -OCH3 is 1. The highest BCUT2D eigenvalue weighted by Crippen LogP contribution is 2.41. The van der Waals surface area contributed by atoms with Gasteiger partial charge < -0.3 is 10.1 Å². The van der Waals surface area contributed by atoms with Crippen LogP contribution in [0.5, 0.6) is 5.75 Å². The molecule has 0 spiro atoms. The molecule has 126 valence electrons. The van der Waals surface area contributed by atoms with Gasteiger partial charge in [0.2, 0.25) is 5.91 Å². The van der Waals surface area contributed by atoms with Crippen molar-refractivity contribution in [3.63, 3.8) is 0 Å². The highest BCUT2D eigenvalue weighted by Gasteiger charge is 2.33.